The molecule has 2 aliphatic heterocycles. The first-order chi connectivity index (χ1) is 11.7. The zero-order chi connectivity index (χ0) is 16.4. The lowest BCUT2D eigenvalue weighted by Crippen LogP contribution is -2.45. The molecule has 24 heavy (non-hydrogen) atoms. The molecule has 1 N–H and O–H groups in total. The van der Waals surface area contributed by atoms with E-state index in [-0.39, 0.29) is 5.79 Å². The minimum absolute atomic E-state index is 0.355. The van der Waals surface area contributed by atoms with Crippen molar-refractivity contribution in [2.45, 2.75) is 25.6 Å². The molecule has 126 valence electrons. The minimum atomic E-state index is -0.355. The second kappa shape index (κ2) is 6.37. The lowest BCUT2D eigenvalue weighted by molar-refractivity contribution is -0.169. The molecule has 2 saturated heterocycles. The number of rotatable bonds is 3. The quantitative estimate of drug-likeness (QED) is 0.936. The molecule has 1 aromatic carbocycles. The maximum absolute atomic E-state index is 5.78. The van der Waals surface area contributed by atoms with Crippen molar-refractivity contribution in [1.82, 2.24) is 9.97 Å². The number of anilines is 3. The molecule has 1 spiro atoms. The molecule has 6 nitrogen and oxygen atoms in total. The first-order valence-electron chi connectivity index (χ1n) is 8.42. The van der Waals surface area contributed by atoms with Gasteiger partial charge in [0.2, 0.25) is 5.95 Å². The van der Waals surface area contributed by atoms with Crippen molar-refractivity contribution in [3.05, 3.63) is 42.1 Å². The lowest BCUT2D eigenvalue weighted by atomic mass is 10.0. The van der Waals surface area contributed by atoms with Gasteiger partial charge in [0.15, 0.2) is 5.79 Å². The fourth-order valence-corrected chi connectivity index (χ4v) is 3.21. The Labute approximate surface area is 141 Å². The Bertz CT molecular complexity index is 688. The van der Waals surface area contributed by atoms with Gasteiger partial charge in [0.1, 0.15) is 5.82 Å². The molecule has 0 saturated carbocycles. The van der Waals surface area contributed by atoms with Gasteiger partial charge < -0.3 is 19.7 Å². The number of ether oxygens (including phenoxy) is 2. The van der Waals surface area contributed by atoms with Crippen LogP contribution in [-0.4, -0.2) is 42.1 Å². The average Bonchev–Trinajstić information content (AvgIpc) is 3.06. The number of piperidine rings is 1. The third-order valence-corrected chi connectivity index (χ3v) is 4.61. The van der Waals surface area contributed by atoms with Crippen molar-refractivity contribution in [3.8, 4) is 0 Å². The highest BCUT2D eigenvalue weighted by atomic mass is 16.7. The predicted octanol–water partition coefficient (Wildman–Crippen LogP) is 2.87. The van der Waals surface area contributed by atoms with Gasteiger partial charge in [0, 0.05) is 37.8 Å². The SMILES string of the molecule is Cc1ccc(Nc2nccc(N3CCC4(CC3)OCCO4)n2)cc1. The van der Waals surface area contributed by atoms with E-state index < -0.39 is 0 Å². The maximum Gasteiger partial charge on any atom is 0.229 e. The normalized spacial score (nSPS) is 19.6. The second-order valence-corrected chi connectivity index (χ2v) is 6.32. The number of hydrogen-bond donors (Lipinski definition) is 1. The van der Waals surface area contributed by atoms with Gasteiger partial charge in [0.05, 0.1) is 13.2 Å². The van der Waals surface area contributed by atoms with E-state index >= 15 is 0 Å². The van der Waals surface area contributed by atoms with E-state index in [0.29, 0.717) is 19.2 Å². The van der Waals surface area contributed by atoms with Crippen molar-refractivity contribution in [1.29, 1.82) is 0 Å². The number of nitrogens with one attached hydrogen (secondary N) is 1. The van der Waals surface area contributed by atoms with Crippen LogP contribution in [0, 0.1) is 6.92 Å². The molecule has 1 aromatic heterocycles. The van der Waals surface area contributed by atoms with Crippen LogP contribution in [0.1, 0.15) is 18.4 Å². The monoisotopic (exact) mass is 326 g/mol. The van der Waals surface area contributed by atoms with Crippen LogP contribution < -0.4 is 10.2 Å². The second-order valence-electron chi connectivity index (χ2n) is 6.32. The first kappa shape index (κ1) is 15.4. The number of benzene rings is 1. The van der Waals surface area contributed by atoms with E-state index in [1.54, 1.807) is 6.20 Å². The zero-order valence-corrected chi connectivity index (χ0v) is 13.9. The summed E-state index contributed by atoms with van der Waals surface area (Å²) in [6, 6.07) is 10.2. The van der Waals surface area contributed by atoms with Gasteiger partial charge in [-0.15, -0.1) is 0 Å². The molecule has 2 aromatic rings. The topological polar surface area (TPSA) is 59.5 Å². The van der Waals surface area contributed by atoms with Gasteiger partial charge in [-0.25, -0.2) is 4.98 Å². The fourth-order valence-electron chi connectivity index (χ4n) is 3.21. The highest BCUT2D eigenvalue weighted by Gasteiger charge is 2.40. The third kappa shape index (κ3) is 3.20. The van der Waals surface area contributed by atoms with Crippen LogP contribution in [-0.2, 0) is 9.47 Å². The van der Waals surface area contributed by atoms with E-state index in [9.17, 15) is 0 Å². The van der Waals surface area contributed by atoms with Gasteiger partial charge in [-0.3, -0.25) is 0 Å². The standard InChI is InChI=1S/C18H22N4O2/c1-14-2-4-15(5-3-14)20-17-19-9-6-16(21-17)22-10-7-18(8-11-22)23-12-13-24-18/h2-6,9H,7-8,10-13H2,1H3,(H,19,20,21). The Morgan fingerprint density at radius 2 is 1.75 bits per heavy atom. The van der Waals surface area contributed by atoms with Gasteiger partial charge in [0.25, 0.3) is 0 Å². The molecule has 0 amide bonds. The highest BCUT2D eigenvalue weighted by molar-refractivity contribution is 5.55. The van der Waals surface area contributed by atoms with Gasteiger partial charge >= 0.3 is 0 Å². The van der Waals surface area contributed by atoms with E-state index in [1.165, 1.54) is 5.56 Å². The molecule has 2 fully saturated rings. The van der Waals surface area contributed by atoms with Crippen LogP contribution in [0.25, 0.3) is 0 Å². The van der Waals surface area contributed by atoms with Gasteiger partial charge in [-0.1, -0.05) is 17.7 Å². The largest absolute Gasteiger partial charge is 0.356 e. The summed E-state index contributed by atoms with van der Waals surface area (Å²) in [5.41, 5.74) is 2.22. The van der Waals surface area contributed by atoms with Crippen molar-refractivity contribution in [3.63, 3.8) is 0 Å². The van der Waals surface area contributed by atoms with Crippen molar-refractivity contribution < 1.29 is 9.47 Å². The molecular weight excluding hydrogens is 304 g/mol. The molecule has 0 atom stereocenters. The summed E-state index contributed by atoms with van der Waals surface area (Å²) < 4.78 is 11.6. The minimum Gasteiger partial charge on any atom is -0.356 e. The molecule has 3 heterocycles. The number of aryl methyl sites for hydroxylation is 1. The summed E-state index contributed by atoms with van der Waals surface area (Å²) in [6.45, 7) is 5.24. The molecule has 0 radical (unpaired) electrons. The van der Waals surface area contributed by atoms with E-state index in [0.717, 1.165) is 37.4 Å². The Hall–Kier alpha value is -2.18. The highest BCUT2D eigenvalue weighted by Crippen LogP contribution is 2.32. The number of hydrogen-bond acceptors (Lipinski definition) is 6. The summed E-state index contributed by atoms with van der Waals surface area (Å²) in [7, 11) is 0. The molecule has 0 unspecified atom stereocenters. The Balaban J connectivity index is 1.44. The maximum atomic E-state index is 5.78. The van der Waals surface area contributed by atoms with Crippen LogP contribution in [0.15, 0.2) is 36.5 Å². The Morgan fingerprint density at radius 3 is 2.46 bits per heavy atom. The van der Waals surface area contributed by atoms with Gasteiger partial charge in [-0.05, 0) is 25.1 Å². The molecule has 2 aliphatic rings. The van der Waals surface area contributed by atoms with Crippen LogP contribution >= 0.6 is 0 Å². The Morgan fingerprint density at radius 1 is 1.04 bits per heavy atom. The van der Waals surface area contributed by atoms with Crippen LogP contribution in [0.3, 0.4) is 0 Å². The third-order valence-electron chi connectivity index (χ3n) is 4.61. The summed E-state index contributed by atoms with van der Waals surface area (Å²) >= 11 is 0. The van der Waals surface area contributed by atoms with Gasteiger partial charge in [-0.2, -0.15) is 4.98 Å². The first-order valence-corrected chi connectivity index (χ1v) is 8.42. The molecular formula is C18H22N4O2. The lowest BCUT2D eigenvalue weighted by Gasteiger charge is -2.38. The van der Waals surface area contributed by atoms with E-state index in [4.69, 9.17) is 9.47 Å². The summed E-state index contributed by atoms with van der Waals surface area (Å²) in [5, 5.41) is 3.26. The fraction of sp³-hybridized carbons (Fsp3) is 0.444. The summed E-state index contributed by atoms with van der Waals surface area (Å²) in [6.07, 6.45) is 3.54. The smallest absolute Gasteiger partial charge is 0.229 e. The van der Waals surface area contributed by atoms with E-state index in [2.05, 4.69) is 39.2 Å². The van der Waals surface area contributed by atoms with Crippen molar-refractivity contribution in [2.75, 3.05) is 36.5 Å². The zero-order valence-electron chi connectivity index (χ0n) is 13.9. The van der Waals surface area contributed by atoms with Crippen LogP contribution in [0.2, 0.25) is 0 Å². The number of nitrogens with zero attached hydrogens (tertiary/aromatic N) is 3. The Kier molecular flexibility index (Phi) is 4.08. The summed E-state index contributed by atoms with van der Waals surface area (Å²) in [5.74, 6) is 1.20. The number of aromatic nitrogens is 2. The van der Waals surface area contributed by atoms with E-state index in [1.807, 2.05) is 18.2 Å². The molecule has 0 bridgehead atoms. The van der Waals surface area contributed by atoms with Crippen molar-refractivity contribution >= 4 is 17.5 Å². The van der Waals surface area contributed by atoms with Crippen molar-refractivity contribution in [2.24, 2.45) is 0 Å². The molecule has 6 heteroatoms. The molecule has 4 rings (SSSR count). The van der Waals surface area contributed by atoms with Crippen LogP contribution in [0.4, 0.5) is 17.5 Å². The van der Waals surface area contributed by atoms with Crippen LogP contribution in [0.5, 0.6) is 0 Å². The predicted molar refractivity (Wildman–Crippen MR) is 92.6 cm³/mol. The summed E-state index contributed by atoms with van der Waals surface area (Å²) in [4.78, 5) is 11.2. The average molecular weight is 326 g/mol. The molecule has 0 aliphatic carbocycles.